The number of alkyl carbamates (subject to hydrolysis) is 1. The summed E-state index contributed by atoms with van der Waals surface area (Å²) in [6.45, 7) is 4.79. The Morgan fingerprint density at radius 3 is 2.00 bits per heavy atom. The molecular weight excluding hydrogens is 384 g/mol. The van der Waals surface area contributed by atoms with E-state index in [1.54, 1.807) is 6.92 Å². The van der Waals surface area contributed by atoms with Gasteiger partial charge >= 0.3 is 12.1 Å². The molecule has 1 aliphatic carbocycles. The lowest BCUT2D eigenvalue weighted by molar-refractivity contribution is -0.142. The van der Waals surface area contributed by atoms with Gasteiger partial charge in [-0.3, -0.25) is 9.59 Å². The molecule has 30 heavy (non-hydrogen) atoms. The van der Waals surface area contributed by atoms with Crippen LogP contribution in [0.3, 0.4) is 0 Å². The molecule has 0 heterocycles. The first-order chi connectivity index (χ1) is 14.3. The van der Waals surface area contributed by atoms with Crippen LogP contribution in [0, 0.1) is 5.92 Å². The van der Waals surface area contributed by atoms with Crippen molar-refractivity contribution in [2.24, 2.45) is 5.92 Å². The number of carboxylic acid groups (broad SMARTS) is 1. The van der Waals surface area contributed by atoms with Crippen molar-refractivity contribution in [2.45, 2.75) is 38.8 Å². The van der Waals surface area contributed by atoms with Crippen LogP contribution in [0.1, 0.15) is 37.8 Å². The molecule has 3 atom stereocenters. The van der Waals surface area contributed by atoms with Gasteiger partial charge in [-0.2, -0.15) is 0 Å². The molecule has 0 aromatic heterocycles. The highest BCUT2D eigenvalue weighted by Crippen LogP contribution is 2.44. The maximum absolute atomic E-state index is 12.3. The lowest BCUT2D eigenvalue weighted by Gasteiger charge is -2.21. The summed E-state index contributed by atoms with van der Waals surface area (Å²) in [7, 11) is 0. The average molecular weight is 410 g/mol. The topological polar surface area (TPSA) is 105 Å². The Labute approximate surface area is 175 Å². The summed E-state index contributed by atoms with van der Waals surface area (Å²) in [5, 5.41) is 14.1. The van der Waals surface area contributed by atoms with Crippen LogP contribution in [-0.2, 0) is 14.3 Å². The third-order valence-corrected chi connectivity index (χ3v) is 5.58. The second kappa shape index (κ2) is 8.98. The minimum absolute atomic E-state index is 0.0660. The quantitative estimate of drug-likeness (QED) is 0.650. The van der Waals surface area contributed by atoms with E-state index in [9.17, 15) is 14.4 Å². The summed E-state index contributed by atoms with van der Waals surface area (Å²) in [5.41, 5.74) is 4.48. The lowest BCUT2D eigenvalue weighted by atomic mass is 9.98. The zero-order chi connectivity index (χ0) is 21.8. The highest BCUT2D eigenvalue weighted by molar-refractivity contribution is 5.86. The molecule has 2 unspecified atom stereocenters. The van der Waals surface area contributed by atoms with Crippen molar-refractivity contribution >= 4 is 18.0 Å². The number of amides is 2. The number of rotatable bonds is 7. The molecule has 1 aliphatic rings. The molecule has 2 aromatic rings. The third-order valence-electron chi connectivity index (χ3n) is 5.58. The van der Waals surface area contributed by atoms with Crippen LogP contribution in [0.5, 0.6) is 0 Å². The van der Waals surface area contributed by atoms with E-state index in [2.05, 4.69) is 22.8 Å². The summed E-state index contributed by atoms with van der Waals surface area (Å²) in [4.78, 5) is 35.5. The van der Waals surface area contributed by atoms with Crippen LogP contribution in [-0.4, -0.2) is 41.8 Å². The monoisotopic (exact) mass is 410 g/mol. The van der Waals surface area contributed by atoms with Gasteiger partial charge in [0.15, 0.2) is 0 Å². The van der Waals surface area contributed by atoms with Gasteiger partial charge in [0.1, 0.15) is 12.6 Å². The summed E-state index contributed by atoms with van der Waals surface area (Å²) in [6.07, 6.45) is -0.696. The molecule has 7 nitrogen and oxygen atoms in total. The molecule has 158 valence electrons. The summed E-state index contributed by atoms with van der Waals surface area (Å²) < 4.78 is 5.43. The van der Waals surface area contributed by atoms with E-state index in [1.807, 2.05) is 36.4 Å². The van der Waals surface area contributed by atoms with E-state index in [4.69, 9.17) is 9.84 Å². The van der Waals surface area contributed by atoms with Crippen molar-refractivity contribution < 1.29 is 24.2 Å². The first kappa shape index (κ1) is 21.4. The Morgan fingerprint density at radius 1 is 0.933 bits per heavy atom. The third kappa shape index (κ3) is 4.45. The maximum Gasteiger partial charge on any atom is 0.407 e. The zero-order valence-electron chi connectivity index (χ0n) is 17.2. The van der Waals surface area contributed by atoms with Crippen molar-refractivity contribution in [3.8, 4) is 11.1 Å². The van der Waals surface area contributed by atoms with E-state index in [-0.39, 0.29) is 12.5 Å². The predicted octanol–water partition coefficient (Wildman–Crippen LogP) is 3.14. The molecule has 2 amide bonds. The molecule has 0 bridgehead atoms. The van der Waals surface area contributed by atoms with E-state index < -0.39 is 36.0 Å². The van der Waals surface area contributed by atoms with E-state index >= 15 is 0 Å². The van der Waals surface area contributed by atoms with Gasteiger partial charge in [-0.1, -0.05) is 48.5 Å². The van der Waals surface area contributed by atoms with E-state index in [0.717, 1.165) is 22.3 Å². The van der Waals surface area contributed by atoms with Gasteiger partial charge in [0.25, 0.3) is 0 Å². The number of hydrogen-bond donors (Lipinski definition) is 3. The second-order valence-corrected chi connectivity index (χ2v) is 7.62. The summed E-state index contributed by atoms with van der Waals surface area (Å²) in [5.74, 6) is -2.27. The standard InChI is InChI=1S/C23H26N2O5/c1-13(22(27)28)14(2)24-21(26)15(3)25-23(29)30-12-20-18-10-6-4-8-16(18)17-9-5-7-11-19(17)20/h4-11,13-15,20H,12H2,1-3H3,(H,24,26)(H,25,29)(H,27,28)/t13?,14?,15-/m0/s1. The molecule has 0 fully saturated rings. The number of fused-ring (bicyclic) bond motifs is 3. The zero-order valence-corrected chi connectivity index (χ0v) is 17.2. The SMILES string of the molecule is CC(NC(=O)[C@H](C)NC(=O)OCC1c2ccccc2-c2ccccc21)C(C)C(=O)O. The minimum atomic E-state index is -1.00. The highest BCUT2D eigenvalue weighted by Gasteiger charge is 2.29. The first-order valence-electron chi connectivity index (χ1n) is 9.94. The van der Waals surface area contributed by atoms with Crippen molar-refractivity contribution in [1.29, 1.82) is 0 Å². The Balaban J connectivity index is 1.57. The molecule has 3 rings (SSSR count). The van der Waals surface area contributed by atoms with Crippen LogP contribution in [0.15, 0.2) is 48.5 Å². The molecule has 0 aliphatic heterocycles. The van der Waals surface area contributed by atoms with E-state index in [0.29, 0.717) is 0 Å². The van der Waals surface area contributed by atoms with Gasteiger partial charge in [-0.25, -0.2) is 4.79 Å². The second-order valence-electron chi connectivity index (χ2n) is 7.62. The van der Waals surface area contributed by atoms with Crippen molar-refractivity contribution in [3.63, 3.8) is 0 Å². The van der Waals surface area contributed by atoms with Crippen molar-refractivity contribution in [1.82, 2.24) is 10.6 Å². The van der Waals surface area contributed by atoms with Crippen LogP contribution in [0.4, 0.5) is 4.79 Å². The molecule has 0 radical (unpaired) electrons. The summed E-state index contributed by atoms with van der Waals surface area (Å²) >= 11 is 0. The fourth-order valence-electron chi connectivity index (χ4n) is 3.57. The molecule has 0 saturated carbocycles. The Hall–Kier alpha value is -3.35. The van der Waals surface area contributed by atoms with Gasteiger partial charge in [0, 0.05) is 12.0 Å². The van der Waals surface area contributed by atoms with Crippen LogP contribution >= 0.6 is 0 Å². The molecule has 3 N–H and O–H groups in total. The molecule has 2 aromatic carbocycles. The molecule has 0 saturated heterocycles. The molecule has 7 heteroatoms. The fraction of sp³-hybridized carbons (Fsp3) is 0.348. The van der Waals surface area contributed by atoms with Crippen molar-refractivity contribution in [3.05, 3.63) is 59.7 Å². The van der Waals surface area contributed by atoms with Crippen LogP contribution < -0.4 is 10.6 Å². The van der Waals surface area contributed by atoms with E-state index in [1.165, 1.54) is 13.8 Å². The van der Waals surface area contributed by atoms with Crippen LogP contribution in [0.25, 0.3) is 11.1 Å². The number of carboxylic acids is 1. The maximum atomic E-state index is 12.3. The number of ether oxygens (including phenoxy) is 1. The largest absolute Gasteiger partial charge is 0.481 e. The van der Waals surface area contributed by atoms with Gasteiger partial charge in [-0.05, 0) is 43.0 Å². The van der Waals surface area contributed by atoms with Gasteiger partial charge in [-0.15, -0.1) is 0 Å². The Bertz CT molecular complexity index is 913. The van der Waals surface area contributed by atoms with Crippen LogP contribution in [0.2, 0.25) is 0 Å². The number of nitrogens with one attached hydrogen (secondary N) is 2. The number of carbonyl (C=O) groups excluding carboxylic acids is 2. The number of aliphatic carboxylic acids is 1. The normalized spacial score (nSPS) is 15.3. The molecule has 0 spiro atoms. The smallest absolute Gasteiger partial charge is 0.407 e. The Kier molecular flexibility index (Phi) is 6.40. The van der Waals surface area contributed by atoms with Gasteiger partial charge in [0.05, 0.1) is 5.92 Å². The fourth-order valence-corrected chi connectivity index (χ4v) is 3.57. The first-order valence-corrected chi connectivity index (χ1v) is 9.94. The lowest BCUT2D eigenvalue weighted by Crippen LogP contribution is -2.49. The number of carbonyl (C=O) groups is 3. The van der Waals surface area contributed by atoms with Gasteiger partial charge < -0.3 is 20.5 Å². The minimum Gasteiger partial charge on any atom is -0.481 e. The average Bonchev–Trinajstić information content (AvgIpc) is 3.05. The highest BCUT2D eigenvalue weighted by atomic mass is 16.5. The summed E-state index contributed by atoms with van der Waals surface area (Å²) in [6, 6.07) is 14.6. The van der Waals surface area contributed by atoms with Crippen molar-refractivity contribution in [2.75, 3.05) is 6.61 Å². The molecular formula is C23H26N2O5. The predicted molar refractivity (Wildman–Crippen MR) is 112 cm³/mol. The number of benzene rings is 2. The number of hydrogen-bond acceptors (Lipinski definition) is 4. The Morgan fingerprint density at radius 2 is 1.47 bits per heavy atom. The van der Waals surface area contributed by atoms with Gasteiger partial charge in [0.2, 0.25) is 5.91 Å².